The Kier molecular flexibility index (Phi) is 2.53. The lowest BCUT2D eigenvalue weighted by Crippen LogP contribution is -1.98. The Labute approximate surface area is 71.0 Å². The molecule has 1 aromatic heterocycles. The highest BCUT2D eigenvalue weighted by Crippen LogP contribution is 2.16. The lowest BCUT2D eigenvalue weighted by atomic mass is 10.2. The minimum Gasteiger partial charge on any atom is -0.478 e. The van der Waals surface area contributed by atoms with Crippen molar-refractivity contribution in [2.45, 2.75) is 26.7 Å². The largest absolute Gasteiger partial charge is 0.478 e. The Hall–Kier alpha value is -1.25. The zero-order valence-corrected chi connectivity index (χ0v) is 7.26. The van der Waals surface area contributed by atoms with Gasteiger partial charge in [-0.15, -0.1) is 0 Å². The first-order chi connectivity index (χ1) is 5.65. The number of aromatic carboxylic acids is 1. The van der Waals surface area contributed by atoms with Crippen LogP contribution in [0.3, 0.4) is 0 Å². The van der Waals surface area contributed by atoms with Gasteiger partial charge in [-0.1, -0.05) is 6.92 Å². The third-order valence-electron chi connectivity index (χ3n) is 1.64. The van der Waals surface area contributed by atoms with Gasteiger partial charge in [-0.05, 0) is 19.4 Å². The normalized spacial score (nSPS) is 10.2. The van der Waals surface area contributed by atoms with Crippen LogP contribution in [0.4, 0.5) is 0 Å². The van der Waals surface area contributed by atoms with E-state index in [0.717, 1.165) is 6.42 Å². The van der Waals surface area contributed by atoms with Gasteiger partial charge in [0.15, 0.2) is 0 Å². The van der Waals surface area contributed by atoms with Gasteiger partial charge in [-0.25, -0.2) is 4.79 Å². The van der Waals surface area contributed by atoms with Crippen molar-refractivity contribution in [1.82, 2.24) is 0 Å². The molecule has 0 bridgehead atoms. The summed E-state index contributed by atoms with van der Waals surface area (Å²) in [5, 5.41) is 8.75. The van der Waals surface area contributed by atoms with Gasteiger partial charge in [0.1, 0.15) is 17.1 Å². The van der Waals surface area contributed by atoms with Crippen LogP contribution < -0.4 is 0 Å². The summed E-state index contributed by atoms with van der Waals surface area (Å²) in [4.78, 5) is 10.6. The fourth-order valence-electron chi connectivity index (χ4n) is 1.16. The Morgan fingerprint density at radius 3 is 2.83 bits per heavy atom. The highest BCUT2D eigenvalue weighted by Gasteiger charge is 2.13. The summed E-state index contributed by atoms with van der Waals surface area (Å²) in [6.07, 6.45) is 1.59. The predicted molar refractivity (Wildman–Crippen MR) is 44.4 cm³/mol. The zero-order valence-electron chi connectivity index (χ0n) is 7.26. The molecule has 0 atom stereocenters. The van der Waals surface area contributed by atoms with Gasteiger partial charge in [-0.3, -0.25) is 0 Å². The van der Waals surface area contributed by atoms with Crippen molar-refractivity contribution >= 4 is 5.97 Å². The van der Waals surface area contributed by atoms with Gasteiger partial charge in [0, 0.05) is 6.42 Å². The van der Waals surface area contributed by atoms with Gasteiger partial charge < -0.3 is 9.52 Å². The second kappa shape index (κ2) is 3.43. The zero-order chi connectivity index (χ0) is 9.14. The highest BCUT2D eigenvalue weighted by molar-refractivity contribution is 5.88. The Morgan fingerprint density at radius 2 is 2.33 bits per heavy atom. The first kappa shape index (κ1) is 8.84. The number of rotatable bonds is 3. The number of carboxylic acids is 1. The van der Waals surface area contributed by atoms with Crippen molar-refractivity contribution in [3.05, 3.63) is 23.2 Å². The van der Waals surface area contributed by atoms with E-state index in [9.17, 15) is 4.79 Å². The van der Waals surface area contributed by atoms with Crippen molar-refractivity contribution in [2.24, 2.45) is 0 Å². The Morgan fingerprint density at radius 1 is 1.67 bits per heavy atom. The molecule has 0 aliphatic heterocycles. The maximum atomic E-state index is 10.6. The number of hydrogen-bond donors (Lipinski definition) is 1. The molecule has 0 aromatic carbocycles. The highest BCUT2D eigenvalue weighted by atomic mass is 16.4. The lowest BCUT2D eigenvalue weighted by molar-refractivity contribution is 0.0694. The molecule has 0 aliphatic rings. The van der Waals surface area contributed by atoms with E-state index in [4.69, 9.17) is 9.52 Å². The van der Waals surface area contributed by atoms with E-state index in [-0.39, 0.29) is 0 Å². The second-order valence-corrected chi connectivity index (χ2v) is 2.75. The SMILES string of the molecule is CCCc1oc(C)cc1C(=O)O. The number of hydrogen-bond acceptors (Lipinski definition) is 2. The number of furan rings is 1. The van der Waals surface area contributed by atoms with Crippen molar-refractivity contribution in [1.29, 1.82) is 0 Å². The molecule has 66 valence electrons. The minimum atomic E-state index is -0.907. The van der Waals surface area contributed by atoms with Gasteiger partial charge in [0.25, 0.3) is 0 Å². The maximum absolute atomic E-state index is 10.6. The van der Waals surface area contributed by atoms with Gasteiger partial charge in [0.2, 0.25) is 0 Å². The first-order valence-electron chi connectivity index (χ1n) is 3.97. The number of carboxylic acid groups (broad SMARTS) is 1. The molecule has 1 aromatic rings. The fraction of sp³-hybridized carbons (Fsp3) is 0.444. The van der Waals surface area contributed by atoms with E-state index in [1.165, 1.54) is 0 Å². The van der Waals surface area contributed by atoms with Crippen LogP contribution in [0.5, 0.6) is 0 Å². The van der Waals surface area contributed by atoms with Crippen LogP contribution in [0.1, 0.15) is 35.2 Å². The van der Waals surface area contributed by atoms with Gasteiger partial charge in [-0.2, -0.15) is 0 Å². The standard InChI is InChI=1S/C9H12O3/c1-3-4-8-7(9(10)11)5-6(2)12-8/h5H,3-4H2,1-2H3,(H,10,11). The molecule has 0 aliphatic carbocycles. The second-order valence-electron chi connectivity index (χ2n) is 2.75. The van der Waals surface area contributed by atoms with E-state index < -0.39 is 5.97 Å². The van der Waals surface area contributed by atoms with Crippen molar-refractivity contribution in [3.63, 3.8) is 0 Å². The average Bonchev–Trinajstić information content (AvgIpc) is 2.32. The molecule has 0 fully saturated rings. The summed E-state index contributed by atoms with van der Waals surface area (Å²) < 4.78 is 5.24. The van der Waals surface area contributed by atoms with Crippen molar-refractivity contribution < 1.29 is 14.3 Å². The van der Waals surface area contributed by atoms with Crippen LogP contribution in [-0.4, -0.2) is 11.1 Å². The summed E-state index contributed by atoms with van der Waals surface area (Å²) in [6.45, 7) is 3.75. The summed E-state index contributed by atoms with van der Waals surface area (Å²) in [7, 11) is 0. The van der Waals surface area contributed by atoms with Crippen LogP contribution in [0.25, 0.3) is 0 Å². The van der Waals surface area contributed by atoms with Crippen LogP contribution >= 0.6 is 0 Å². The topological polar surface area (TPSA) is 50.4 Å². The first-order valence-corrected chi connectivity index (χ1v) is 3.97. The lowest BCUT2D eigenvalue weighted by Gasteiger charge is -1.93. The van der Waals surface area contributed by atoms with Crippen LogP contribution in [0, 0.1) is 6.92 Å². The van der Waals surface area contributed by atoms with E-state index in [2.05, 4.69) is 0 Å². The molecule has 0 radical (unpaired) electrons. The molecule has 3 heteroatoms. The number of carbonyl (C=O) groups is 1. The molecule has 12 heavy (non-hydrogen) atoms. The Balaban J connectivity index is 2.99. The molecule has 1 N–H and O–H groups in total. The molecule has 1 rings (SSSR count). The molecule has 1 heterocycles. The fourth-order valence-corrected chi connectivity index (χ4v) is 1.16. The third kappa shape index (κ3) is 1.67. The predicted octanol–water partition coefficient (Wildman–Crippen LogP) is 2.24. The summed E-state index contributed by atoms with van der Waals surface area (Å²) in [6, 6.07) is 1.56. The monoisotopic (exact) mass is 168 g/mol. The maximum Gasteiger partial charge on any atom is 0.339 e. The third-order valence-corrected chi connectivity index (χ3v) is 1.64. The molecule has 0 spiro atoms. The summed E-state index contributed by atoms with van der Waals surface area (Å²) in [5.41, 5.74) is 0.300. The molecular formula is C9H12O3. The van der Waals surface area contributed by atoms with Gasteiger partial charge >= 0.3 is 5.97 Å². The van der Waals surface area contributed by atoms with Crippen LogP contribution in [0.2, 0.25) is 0 Å². The van der Waals surface area contributed by atoms with E-state index in [1.54, 1.807) is 13.0 Å². The minimum absolute atomic E-state index is 0.300. The van der Waals surface area contributed by atoms with Crippen LogP contribution in [-0.2, 0) is 6.42 Å². The molecule has 0 saturated carbocycles. The Bertz CT molecular complexity index is 286. The van der Waals surface area contributed by atoms with E-state index in [0.29, 0.717) is 23.5 Å². The van der Waals surface area contributed by atoms with Gasteiger partial charge in [0.05, 0.1) is 0 Å². The number of aryl methyl sites for hydroxylation is 2. The molecular weight excluding hydrogens is 156 g/mol. The van der Waals surface area contributed by atoms with Crippen molar-refractivity contribution in [2.75, 3.05) is 0 Å². The molecule has 0 saturated heterocycles. The molecule has 0 amide bonds. The van der Waals surface area contributed by atoms with E-state index >= 15 is 0 Å². The smallest absolute Gasteiger partial charge is 0.339 e. The van der Waals surface area contributed by atoms with Crippen molar-refractivity contribution in [3.8, 4) is 0 Å². The molecule has 3 nitrogen and oxygen atoms in total. The quantitative estimate of drug-likeness (QED) is 0.752. The molecule has 0 unspecified atom stereocenters. The van der Waals surface area contributed by atoms with Crippen LogP contribution in [0.15, 0.2) is 10.5 Å². The van der Waals surface area contributed by atoms with E-state index in [1.807, 2.05) is 6.92 Å². The summed E-state index contributed by atoms with van der Waals surface area (Å²) >= 11 is 0. The average molecular weight is 168 g/mol. The summed E-state index contributed by atoms with van der Waals surface area (Å²) in [5.74, 6) is 0.341.